The van der Waals surface area contributed by atoms with Crippen LogP contribution >= 0.6 is 0 Å². The molecule has 1 aliphatic heterocycles. The third-order valence-corrected chi connectivity index (χ3v) is 4.48. The van der Waals surface area contributed by atoms with E-state index in [9.17, 15) is 9.50 Å². The van der Waals surface area contributed by atoms with Crippen LogP contribution in [0.4, 0.5) is 10.2 Å². The Balaban J connectivity index is 1.63. The van der Waals surface area contributed by atoms with Crippen LogP contribution in [0, 0.1) is 5.82 Å². The zero-order valence-electron chi connectivity index (χ0n) is 13.0. The van der Waals surface area contributed by atoms with Crippen molar-refractivity contribution in [2.45, 2.75) is 38.0 Å². The van der Waals surface area contributed by atoms with E-state index in [2.05, 4.69) is 9.88 Å². The summed E-state index contributed by atoms with van der Waals surface area (Å²) in [6, 6.07) is 10.3. The first-order valence-electron chi connectivity index (χ1n) is 8.00. The number of benzene rings is 1. The predicted octanol–water partition coefficient (Wildman–Crippen LogP) is 2.89. The van der Waals surface area contributed by atoms with Crippen LogP contribution in [0.3, 0.4) is 0 Å². The molecule has 1 aromatic heterocycles. The van der Waals surface area contributed by atoms with Crippen LogP contribution < -0.4 is 5.73 Å². The summed E-state index contributed by atoms with van der Waals surface area (Å²) in [5.74, 6) is 0.253. The Kier molecular flexibility index (Phi) is 4.88. The number of nitrogens with two attached hydrogens (primary N) is 1. The van der Waals surface area contributed by atoms with E-state index in [1.807, 2.05) is 12.1 Å². The fourth-order valence-electron chi connectivity index (χ4n) is 3.28. The van der Waals surface area contributed by atoms with Crippen LogP contribution in [0.2, 0.25) is 0 Å². The number of halogens is 1. The zero-order valence-corrected chi connectivity index (χ0v) is 13.0. The molecule has 122 valence electrons. The summed E-state index contributed by atoms with van der Waals surface area (Å²) in [7, 11) is 0. The van der Waals surface area contributed by atoms with Gasteiger partial charge in [0.05, 0.1) is 6.10 Å². The lowest BCUT2D eigenvalue weighted by atomic mass is 10.0. The van der Waals surface area contributed by atoms with Gasteiger partial charge in [0.15, 0.2) is 0 Å². The highest BCUT2D eigenvalue weighted by atomic mass is 19.1. The van der Waals surface area contributed by atoms with Gasteiger partial charge in [-0.15, -0.1) is 0 Å². The summed E-state index contributed by atoms with van der Waals surface area (Å²) >= 11 is 0. The Morgan fingerprint density at radius 3 is 2.83 bits per heavy atom. The summed E-state index contributed by atoms with van der Waals surface area (Å²) in [5, 5.41) is 10.4. The van der Waals surface area contributed by atoms with E-state index < -0.39 is 6.10 Å². The highest BCUT2D eigenvalue weighted by Crippen LogP contribution is 2.28. The molecule has 0 saturated carbocycles. The van der Waals surface area contributed by atoms with Crippen molar-refractivity contribution in [3.63, 3.8) is 0 Å². The summed E-state index contributed by atoms with van der Waals surface area (Å²) in [6.07, 6.45) is 4.01. The second kappa shape index (κ2) is 7.06. The minimum atomic E-state index is -0.566. The number of aliphatic hydroxyl groups excluding tert-OH is 1. The largest absolute Gasteiger partial charge is 0.388 e. The summed E-state index contributed by atoms with van der Waals surface area (Å²) in [6.45, 7) is 1.83. The Hall–Kier alpha value is -1.98. The lowest BCUT2D eigenvalue weighted by molar-refractivity contribution is 0.118. The van der Waals surface area contributed by atoms with Gasteiger partial charge in [-0.1, -0.05) is 12.1 Å². The molecule has 1 fully saturated rings. The molecule has 0 amide bonds. The van der Waals surface area contributed by atoms with Crippen molar-refractivity contribution in [3.05, 3.63) is 59.5 Å². The van der Waals surface area contributed by atoms with Crippen LogP contribution in [-0.4, -0.2) is 27.6 Å². The number of nitrogen functional groups attached to an aromatic ring is 1. The van der Waals surface area contributed by atoms with E-state index in [0.29, 0.717) is 18.3 Å². The fraction of sp³-hybridized carbons (Fsp3) is 0.389. The van der Waals surface area contributed by atoms with Crippen molar-refractivity contribution in [2.75, 3.05) is 12.3 Å². The van der Waals surface area contributed by atoms with Crippen molar-refractivity contribution in [1.82, 2.24) is 9.88 Å². The van der Waals surface area contributed by atoms with Crippen LogP contribution in [0.15, 0.2) is 42.6 Å². The number of nitrogens with zero attached hydrogens (tertiary/aromatic N) is 2. The SMILES string of the molecule is Nc1cc(CN2CCC[C@H]2C[C@H](O)c2ccc(F)cc2)ccn1. The molecule has 1 aromatic carbocycles. The van der Waals surface area contributed by atoms with Crippen molar-refractivity contribution in [3.8, 4) is 0 Å². The molecule has 23 heavy (non-hydrogen) atoms. The minimum Gasteiger partial charge on any atom is -0.388 e. The molecule has 0 bridgehead atoms. The molecule has 2 aromatic rings. The monoisotopic (exact) mass is 315 g/mol. The highest BCUT2D eigenvalue weighted by Gasteiger charge is 2.27. The quantitative estimate of drug-likeness (QED) is 0.890. The van der Waals surface area contributed by atoms with E-state index in [0.717, 1.165) is 37.1 Å². The molecule has 1 saturated heterocycles. The van der Waals surface area contributed by atoms with Gasteiger partial charge in [0.2, 0.25) is 0 Å². The Morgan fingerprint density at radius 1 is 1.30 bits per heavy atom. The maximum atomic E-state index is 13.0. The lowest BCUT2D eigenvalue weighted by Gasteiger charge is -2.26. The Labute approximate surface area is 135 Å². The van der Waals surface area contributed by atoms with Crippen molar-refractivity contribution < 1.29 is 9.50 Å². The lowest BCUT2D eigenvalue weighted by Crippen LogP contribution is -2.30. The predicted molar refractivity (Wildman–Crippen MR) is 88.1 cm³/mol. The highest BCUT2D eigenvalue weighted by molar-refractivity contribution is 5.31. The van der Waals surface area contributed by atoms with E-state index in [1.54, 1.807) is 18.3 Å². The van der Waals surface area contributed by atoms with Crippen LogP contribution in [0.25, 0.3) is 0 Å². The molecule has 0 unspecified atom stereocenters. The Morgan fingerprint density at radius 2 is 2.09 bits per heavy atom. The van der Waals surface area contributed by atoms with E-state index >= 15 is 0 Å². The maximum Gasteiger partial charge on any atom is 0.123 e. The number of hydrogen-bond donors (Lipinski definition) is 2. The van der Waals surface area contributed by atoms with Crippen LogP contribution in [-0.2, 0) is 6.54 Å². The molecule has 2 atom stereocenters. The molecule has 3 N–H and O–H groups in total. The summed E-state index contributed by atoms with van der Waals surface area (Å²) in [5.41, 5.74) is 7.65. The molecule has 0 aliphatic carbocycles. The Bertz CT molecular complexity index is 647. The number of anilines is 1. The number of aliphatic hydroxyl groups is 1. The molecular weight excluding hydrogens is 293 g/mol. The second-order valence-corrected chi connectivity index (χ2v) is 6.16. The number of aromatic nitrogens is 1. The van der Waals surface area contributed by atoms with Gasteiger partial charge in [-0.25, -0.2) is 9.37 Å². The van der Waals surface area contributed by atoms with Crippen LogP contribution in [0.5, 0.6) is 0 Å². The van der Waals surface area contributed by atoms with Gasteiger partial charge in [-0.05, 0) is 61.2 Å². The van der Waals surface area contributed by atoms with Gasteiger partial charge in [0, 0.05) is 18.8 Å². The average Bonchev–Trinajstić information content (AvgIpc) is 2.95. The topological polar surface area (TPSA) is 62.4 Å². The van der Waals surface area contributed by atoms with Crippen molar-refractivity contribution in [2.24, 2.45) is 0 Å². The first kappa shape index (κ1) is 15.9. The maximum absolute atomic E-state index is 13.0. The summed E-state index contributed by atoms with van der Waals surface area (Å²) in [4.78, 5) is 6.39. The van der Waals surface area contributed by atoms with E-state index in [4.69, 9.17) is 5.73 Å². The third kappa shape index (κ3) is 4.06. The molecule has 0 radical (unpaired) electrons. The van der Waals surface area contributed by atoms with Gasteiger partial charge in [-0.2, -0.15) is 0 Å². The van der Waals surface area contributed by atoms with Gasteiger partial charge >= 0.3 is 0 Å². The average molecular weight is 315 g/mol. The first-order chi connectivity index (χ1) is 11.1. The number of pyridine rings is 1. The van der Waals surface area contributed by atoms with Gasteiger partial charge in [-0.3, -0.25) is 4.90 Å². The van der Waals surface area contributed by atoms with Crippen molar-refractivity contribution in [1.29, 1.82) is 0 Å². The van der Waals surface area contributed by atoms with Crippen molar-refractivity contribution >= 4 is 5.82 Å². The zero-order chi connectivity index (χ0) is 16.2. The molecular formula is C18H22FN3O. The molecule has 0 spiro atoms. The number of likely N-dealkylation sites (tertiary alicyclic amines) is 1. The first-order valence-corrected chi connectivity index (χ1v) is 8.00. The number of rotatable bonds is 5. The number of hydrogen-bond acceptors (Lipinski definition) is 4. The van der Waals surface area contributed by atoms with E-state index in [1.165, 1.54) is 12.1 Å². The van der Waals surface area contributed by atoms with Crippen LogP contribution in [0.1, 0.15) is 36.5 Å². The fourth-order valence-corrected chi connectivity index (χ4v) is 3.28. The molecule has 2 heterocycles. The molecule has 5 heteroatoms. The van der Waals surface area contributed by atoms with E-state index in [-0.39, 0.29) is 5.82 Å². The smallest absolute Gasteiger partial charge is 0.123 e. The normalized spacial score (nSPS) is 19.8. The van der Waals surface area contributed by atoms with Gasteiger partial charge in [0.25, 0.3) is 0 Å². The summed E-state index contributed by atoms with van der Waals surface area (Å²) < 4.78 is 13.0. The molecule has 3 rings (SSSR count). The molecule has 4 nitrogen and oxygen atoms in total. The standard InChI is InChI=1S/C18H22FN3O/c19-15-5-3-14(4-6-15)17(23)11-16-2-1-9-22(16)12-13-7-8-21-18(20)10-13/h3-8,10,16-17,23H,1-2,9,11-12H2,(H2,20,21)/t16-,17-/m0/s1. The molecule has 1 aliphatic rings. The third-order valence-electron chi connectivity index (χ3n) is 4.48. The van der Waals surface area contributed by atoms with Gasteiger partial charge in [0.1, 0.15) is 11.6 Å². The minimum absolute atomic E-state index is 0.279. The van der Waals surface area contributed by atoms with Gasteiger partial charge < -0.3 is 10.8 Å². The second-order valence-electron chi connectivity index (χ2n) is 6.16.